The first kappa shape index (κ1) is 23.7. The van der Waals surface area contributed by atoms with E-state index in [9.17, 15) is 0 Å². The summed E-state index contributed by atoms with van der Waals surface area (Å²) in [6, 6.07) is 19.3. The van der Waals surface area contributed by atoms with Crippen LogP contribution in [-0.4, -0.2) is 35.2 Å². The van der Waals surface area contributed by atoms with E-state index in [2.05, 4.69) is 65.5 Å². The minimum Gasteiger partial charge on any atom is -0.335 e. The monoisotopic (exact) mass is 463 g/mol. The maximum atomic E-state index is 5.96. The highest BCUT2D eigenvalue weighted by atomic mass is 35.5. The number of rotatable bonds is 9. The molecule has 1 aliphatic rings. The van der Waals surface area contributed by atoms with Crippen LogP contribution < -0.4 is 0 Å². The SMILES string of the molecule is CN(C)C(CCc1ccccc1)C1CCC(C=Cc2nc(Cc3ccc(Cl)cc3)no2)CC1. The van der Waals surface area contributed by atoms with Gasteiger partial charge in [-0.2, -0.15) is 4.98 Å². The van der Waals surface area contributed by atoms with Crippen molar-refractivity contribution in [1.82, 2.24) is 15.0 Å². The molecule has 5 heteroatoms. The van der Waals surface area contributed by atoms with Gasteiger partial charge in [0.25, 0.3) is 0 Å². The average molecular weight is 464 g/mol. The van der Waals surface area contributed by atoms with Gasteiger partial charge >= 0.3 is 0 Å². The molecular formula is C28H34ClN3O. The lowest BCUT2D eigenvalue weighted by Gasteiger charge is -2.37. The molecular weight excluding hydrogens is 430 g/mol. The van der Waals surface area contributed by atoms with Crippen molar-refractivity contribution in [2.75, 3.05) is 14.1 Å². The first-order chi connectivity index (χ1) is 16.1. The molecule has 0 saturated heterocycles. The Morgan fingerprint density at radius 3 is 2.42 bits per heavy atom. The van der Waals surface area contributed by atoms with Gasteiger partial charge in [-0.3, -0.25) is 0 Å². The van der Waals surface area contributed by atoms with Gasteiger partial charge in [0.05, 0.1) is 0 Å². The molecule has 1 aromatic heterocycles. The fourth-order valence-corrected chi connectivity index (χ4v) is 5.13. The summed E-state index contributed by atoms with van der Waals surface area (Å²) in [4.78, 5) is 6.96. The lowest BCUT2D eigenvalue weighted by molar-refractivity contribution is 0.150. The molecule has 174 valence electrons. The highest BCUT2D eigenvalue weighted by Gasteiger charge is 2.28. The number of aryl methyl sites for hydroxylation is 1. The summed E-state index contributed by atoms with van der Waals surface area (Å²) in [7, 11) is 4.47. The summed E-state index contributed by atoms with van der Waals surface area (Å²) in [5, 5.41) is 4.86. The van der Waals surface area contributed by atoms with Gasteiger partial charge < -0.3 is 9.42 Å². The van der Waals surface area contributed by atoms with Crippen molar-refractivity contribution in [2.45, 2.75) is 51.0 Å². The summed E-state index contributed by atoms with van der Waals surface area (Å²) in [6.07, 6.45) is 12.3. The Balaban J connectivity index is 1.26. The molecule has 3 aromatic rings. The molecule has 1 atom stereocenters. The molecule has 1 unspecified atom stereocenters. The summed E-state index contributed by atoms with van der Waals surface area (Å²) >= 11 is 5.96. The number of nitrogens with zero attached hydrogens (tertiary/aromatic N) is 3. The predicted octanol–water partition coefficient (Wildman–Crippen LogP) is 6.70. The molecule has 0 radical (unpaired) electrons. The van der Waals surface area contributed by atoms with Gasteiger partial charge in [0.15, 0.2) is 5.82 Å². The molecule has 2 aromatic carbocycles. The molecule has 1 aliphatic carbocycles. The van der Waals surface area contributed by atoms with Crippen LogP contribution in [-0.2, 0) is 12.8 Å². The van der Waals surface area contributed by atoms with Crippen molar-refractivity contribution in [3.05, 3.63) is 88.5 Å². The van der Waals surface area contributed by atoms with Gasteiger partial charge in [0.2, 0.25) is 5.89 Å². The second kappa shape index (κ2) is 11.6. The van der Waals surface area contributed by atoms with Crippen molar-refractivity contribution in [3.63, 3.8) is 0 Å². The zero-order valence-electron chi connectivity index (χ0n) is 19.7. The van der Waals surface area contributed by atoms with Crippen LogP contribution in [0.4, 0.5) is 0 Å². The minimum absolute atomic E-state index is 0.588. The highest BCUT2D eigenvalue weighted by Crippen LogP contribution is 2.34. The zero-order chi connectivity index (χ0) is 23.0. The van der Waals surface area contributed by atoms with E-state index in [-0.39, 0.29) is 0 Å². The summed E-state index contributed by atoms with van der Waals surface area (Å²) in [5.74, 6) is 2.65. The van der Waals surface area contributed by atoms with Gasteiger partial charge in [-0.15, -0.1) is 0 Å². The molecule has 4 nitrogen and oxygen atoms in total. The standard InChI is InChI=1S/C28H34ClN3O/c1-32(2)26(18-12-21-6-4-3-5-7-21)24-14-8-22(9-15-24)13-19-28-30-27(31-33-28)20-23-10-16-25(29)17-11-23/h3-7,10-11,13,16-17,19,22,24,26H,8-9,12,14-15,18,20H2,1-2H3. The highest BCUT2D eigenvalue weighted by molar-refractivity contribution is 6.30. The van der Waals surface area contributed by atoms with Crippen LogP contribution in [0, 0.1) is 11.8 Å². The first-order valence-corrected chi connectivity index (χ1v) is 12.4. The van der Waals surface area contributed by atoms with Crippen molar-refractivity contribution < 1.29 is 4.52 Å². The lowest BCUT2D eigenvalue weighted by Crippen LogP contribution is -2.37. The Morgan fingerprint density at radius 2 is 1.73 bits per heavy atom. The molecule has 0 bridgehead atoms. The maximum Gasteiger partial charge on any atom is 0.250 e. The topological polar surface area (TPSA) is 42.2 Å². The van der Waals surface area contributed by atoms with Crippen LogP contribution in [0.5, 0.6) is 0 Å². The minimum atomic E-state index is 0.588. The van der Waals surface area contributed by atoms with E-state index in [1.165, 1.54) is 37.7 Å². The summed E-state index contributed by atoms with van der Waals surface area (Å²) in [6.45, 7) is 0. The molecule has 1 fully saturated rings. The molecule has 0 amide bonds. The number of aromatic nitrogens is 2. The molecule has 1 saturated carbocycles. The number of halogens is 1. The first-order valence-electron chi connectivity index (χ1n) is 12.0. The molecule has 0 spiro atoms. The van der Waals surface area contributed by atoms with E-state index < -0.39 is 0 Å². The van der Waals surface area contributed by atoms with Gasteiger partial charge in [-0.25, -0.2) is 0 Å². The molecule has 33 heavy (non-hydrogen) atoms. The fourth-order valence-electron chi connectivity index (χ4n) is 5.01. The number of benzene rings is 2. The third-order valence-corrected chi connectivity index (χ3v) is 7.12. The Morgan fingerprint density at radius 1 is 1.00 bits per heavy atom. The maximum absolute atomic E-state index is 5.96. The predicted molar refractivity (Wildman–Crippen MR) is 135 cm³/mol. The van der Waals surface area contributed by atoms with Gasteiger partial charge in [-0.05, 0) is 93.8 Å². The van der Waals surface area contributed by atoms with Crippen molar-refractivity contribution in [2.24, 2.45) is 11.8 Å². The van der Waals surface area contributed by atoms with E-state index in [1.54, 1.807) is 0 Å². The Hall–Kier alpha value is -2.43. The normalized spacial score (nSPS) is 19.9. The Bertz CT molecular complexity index is 1010. The molecule has 4 rings (SSSR count). The number of hydrogen-bond donors (Lipinski definition) is 0. The van der Waals surface area contributed by atoms with Crippen molar-refractivity contribution >= 4 is 17.7 Å². The van der Waals surface area contributed by atoms with E-state index >= 15 is 0 Å². The van der Waals surface area contributed by atoms with Gasteiger partial charge in [-0.1, -0.05) is 65.3 Å². The lowest BCUT2D eigenvalue weighted by atomic mass is 9.76. The number of hydrogen-bond acceptors (Lipinski definition) is 4. The van der Waals surface area contributed by atoms with Crippen LogP contribution >= 0.6 is 11.6 Å². The van der Waals surface area contributed by atoms with Gasteiger partial charge in [0, 0.05) is 17.5 Å². The van der Waals surface area contributed by atoms with Gasteiger partial charge in [0.1, 0.15) is 0 Å². The van der Waals surface area contributed by atoms with Crippen LogP contribution in [0.1, 0.15) is 54.9 Å². The van der Waals surface area contributed by atoms with Crippen molar-refractivity contribution in [3.8, 4) is 0 Å². The second-order valence-corrected chi connectivity index (χ2v) is 9.88. The van der Waals surface area contributed by atoms with Crippen LogP contribution in [0.25, 0.3) is 6.08 Å². The molecule has 0 N–H and O–H groups in total. The van der Waals surface area contributed by atoms with Crippen LogP contribution in [0.15, 0.2) is 65.2 Å². The van der Waals surface area contributed by atoms with Crippen LogP contribution in [0.2, 0.25) is 5.02 Å². The quantitative estimate of drug-likeness (QED) is 0.354. The smallest absolute Gasteiger partial charge is 0.250 e. The second-order valence-electron chi connectivity index (χ2n) is 9.44. The zero-order valence-corrected chi connectivity index (χ0v) is 20.4. The summed E-state index contributed by atoms with van der Waals surface area (Å²) in [5.41, 5.74) is 2.56. The average Bonchev–Trinajstić information content (AvgIpc) is 3.28. The fraction of sp³-hybridized carbons (Fsp3) is 0.429. The van der Waals surface area contributed by atoms with Crippen molar-refractivity contribution in [1.29, 1.82) is 0 Å². The summed E-state index contributed by atoms with van der Waals surface area (Å²) < 4.78 is 5.44. The van der Waals surface area contributed by atoms with E-state index in [1.807, 2.05) is 30.3 Å². The van der Waals surface area contributed by atoms with E-state index in [4.69, 9.17) is 16.1 Å². The third-order valence-electron chi connectivity index (χ3n) is 6.87. The molecule has 0 aliphatic heterocycles. The Kier molecular flexibility index (Phi) is 8.35. The largest absolute Gasteiger partial charge is 0.335 e. The third kappa shape index (κ3) is 7.02. The van der Waals surface area contributed by atoms with E-state index in [0.29, 0.717) is 30.1 Å². The molecule has 1 heterocycles. The van der Waals surface area contributed by atoms with Crippen LogP contribution in [0.3, 0.4) is 0 Å². The van der Waals surface area contributed by atoms with E-state index in [0.717, 1.165) is 22.9 Å². The number of allylic oxidation sites excluding steroid dienone is 1. The Labute approximate surface area is 202 Å².